The lowest BCUT2D eigenvalue weighted by Crippen LogP contribution is -2.55. The summed E-state index contributed by atoms with van der Waals surface area (Å²) in [5.41, 5.74) is 5.46. The number of allylic oxidation sites excluding steroid dienone is 1. The second kappa shape index (κ2) is 11.3. The molecule has 0 unspecified atom stereocenters. The number of methoxy groups -OCH3 is 1. The van der Waals surface area contributed by atoms with E-state index in [1.807, 2.05) is 6.07 Å². The standard InChI is InChI=1S/C26H25F3N6O4/c1-14-21(23(37)39-3)22(20-8-7-16(13-30)11-17(20)9-10-33-15(2)36)35(25(32)38)24(31)34(14)19-6-4-5-18(12-19)26(27,28)29/h4-8,11-12,22,31H,9-10H2,1-3H3,(H2,32,38)(H,33,36)/t22-/m1/s1. The number of nitriles is 1. The van der Waals surface area contributed by atoms with Crippen LogP contribution in [0.4, 0.5) is 23.7 Å². The predicted octanol–water partition coefficient (Wildman–Crippen LogP) is 3.58. The topological polar surface area (TPSA) is 153 Å². The van der Waals surface area contributed by atoms with Crippen LogP contribution in [0.25, 0.3) is 0 Å². The molecule has 13 heteroatoms. The number of nitrogens with two attached hydrogens (primary N) is 1. The monoisotopic (exact) mass is 542 g/mol. The largest absolute Gasteiger partial charge is 0.466 e. The quantitative estimate of drug-likeness (QED) is 0.475. The second-order valence-electron chi connectivity index (χ2n) is 8.57. The Morgan fingerprint density at radius 2 is 1.90 bits per heavy atom. The van der Waals surface area contributed by atoms with Gasteiger partial charge in [0.1, 0.15) is 6.04 Å². The van der Waals surface area contributed by atoms with Gasteiger partial charge in [-0.1, -0.05) is 12.1 Å². The molecule has 10 nitrogen and oxygen atoms in total. The zero-order valence-corrected chi connectivity index (χ0v) is 21.2. The zero-order valence-electron chi connectivity index (χ0n) is 21.2. The fourth-order valence-electron chi connectivity index (χ4n) is 4.40. The number of halogens is 3. The average molecular weight is 543 g/mol. The number of guanidine groups is 1. The van der Waals surface area contributed by atoms with Crippen LogP contribution in [-0.2, 0) is 26.9 Å². The van der Waals surface area contributed by atoms with Crippen molar-refractivity contribution in [2.75, 3.05) is 18.6 Å². The molecule has 0 aliphatic carbocycles. The molecule has 1 aliphatic heterocycles. The number of benzene rings is 2. The molecule has 0 aromatic heterocycles. The van der Waals surface area contributed by atoms with Crippen LogP contribution in [-0.4, -0.2) is 42.4 Å². The van der Waals surface area contributed by atoms with Crippen LogP contribution in [0.15, 0.2) is 53.7 Å². The summed E-state index contributed by atoms with van der Waals surface area (Å²) in [7, 11) is 1.10. The molecule has 2 aromatic carbocycles. The van der Waals surface area contributed by atoms with Crippen LogP contribution in [0.3, 0.4) is 0 Å². The fraction of sp³-hybridized carbons (Fsp3) is 0.269. The Balaban J connectivity index is 2.30. The van der Waals surface area contributed by atoms with Gasteiger partial charge in [0.2, 0.25) is 11.9 Å². The van der Waals surface area contributed by atoms with E-state index in [1.165, 1.54) is 38.1 Å². The molecule has 0 saturated heterocycles. The number of ether oxygens (including phenoxy) is 1. The van der Waals surface area contributed by atoms with Crippen LogP contribution < -0.4 is 16.0 Å². The molecule has 1 atom stereocenters. The highest BCUT2D eigenvalue weighted by molar-refractivity contribution is 6.10. The molecule has 39 heavy (non-hydrogen) atoms. The maximum absolute atomic E-state index is 13.4. The van der Waals surface area contributed by atoms with Gasteiger partial charge in [-0.25, -0.2) is 9.59 Å². The summed E-state index contributed by atoms with van der Waals surface area (Å²) in [5, 5.41) is 20.9. The Bertz CT molecular complexity index is 1410. The van der Waals surface area contributed by atoms with Crippen molar-refractivity contribution in [1.29, 1.82) is 10.7 Å². The number of rotatable bonds is 6. The number of alkyl halides is 3. The van der Waals surface area contributed by atoms with Gasteiger partial charge >= 0.3 is 18.2 Å². The number of nitrogens with one attached hydrogen (secondary N) is 2. The molecule has 204 valence electrons. The van der Waals surface area contributed by atoms with E-state index in [-0.39, 0.29) is 41.4 Å². The van der Waals surface area contributed by atoms with Crippen molar-refractivity contribution in [1.82, 2.24) is 10.2 Å². The Kier molecular flexibility index (Phi) is 8.29. The van der Waals surface area contributed by atoms with Crippen LogP contribution in [0.1, 0.15) is 42.1 Å². The lowest BCUT2D eigenvalue weighted by atomic mass is 9.88. The molecule has 3 amide bonds. The van der Waals surface area contributed by atoms with Crippen molar-refractivity contribution >= 4 is 29.6 Å². The van der Waals surface area contributed by atoms with Crippen molar-refractivity contribution in [2.24, 2.45) is 5.73 Å². The minimum Gasteiger partial charge on any atom is -0.466 e. The maximum Gasteiger partial charge on any atom is 0.416 e. The maximum atomic E-state index is 13.4. The first-order chi connectivity index (χ1) is 18.3. The van der Waals surface area contributed by atoms with Gasteiger partial charge in [0.25, 0.3) is 0 Å². The normalized spacial score (nSPS) is 15.6. The van der Waals surface area contributed by atoms with Gasteiger partial charge in [-0.3, -0.25) is 20.0 Å². The minimum absolute atomic E-state index is 0.0332. The Morgan fingerprint density at radius 3 is 2.46 bits per heavy atom. The van der Waals surface area contributed by atoms with Crippen LogP contribution >= 0.6 is 0 Å². The molecule has 1 heterocycles. The fourth-order valence-corrected chi connectivity index (χ4v) is 4.40. The summed E-state index contributed by atoms with van der Waals surface area (Å²) >= 11 is 0. The highest BCUT2D eigenvalue weighted by Gasteiger charge is 2.44. The number of amides is 3. The van der Waals surface area contributed by atoms with E-state index in [2.05, 4.69) is 5.32 Å². The highest BCUT2D eigenvalue weighted by atomic mass is 19.4. The van der Waals surface area contributed by atoms with E-state index in [9.17, 15) is 32.8 Å². The van der Waals surface area contributed by atoms with E-state index in [4.69, 9.17) is 15.9 Å². The molecule has 0 bridgehead atoms. The number of carbonyl (C=O) groups excluding carboxylic acids is 3. The lowest BCUT2D eigenvalue weighted by molar-refractivity contribution is -0.138. The average Bonchev–Trinajstić information content (AvgIpc) is 2.87. The van der Waals surface area contributed by atoms with E-state index < -0.39 is 35.7 Å². The molecule has 4 N–H and O–H groups in total. The van der Waals surface area contributed by atoms with Gasteiger partial charge in [-0.15, -0.1) is 0 Å². The minimum atomic E-state index is -4.69. The first kappa shape index (κ1) is 28.7. The third-order valence-corrected chi connectivity index (χ3v) is 6.11. The molecule has 0 spiro atoms. The Hall–Kier alpha value is -4.86. The molecule has 0 radical (unpaired) electrons. The van der Waals surface area contributed by atoms with E-state index in [0.717, 1.165) is 35.1 Å². The third-order valence-electron chi connectivity index (χ3n) is 6.11. The predicted molar refractivity (Wildman–Crippen MR) is 134 cm³/mol. The van der Waals surface area contributed by atoms with Crippen LogP contribution in [0.2, 0.25) is 0 Å². The van der Waals surface area contributed by atoms with Gasteiger partial charge in [0, 0.05) is 24.9 Å². The first-order valence-electron chi connectivity index (χ1n) is 11.5. The summed E-state index contributed by atoms with van der Waals surface area (Å²) < 4.78 is 45.3. The molecule has 3 rings (SSSR count). The molecular formula is C26H25F3N6O4. The van der Waals surface area contributed by atoms with E-state index in [1.54, 1.807) is 0 Å². The number of urea groups is 1. The lowest BCUT2D eigenvalue weighted by Gasteiger charge is -2.43. The van der Waals surface area contributed by atoms with Crippen LogP contribution in [0, 0.1) is 16.7 Å². The number of esters is 1. The van der Waals surface area contributed by atoms with Crippen molar-refractivity contribution in [3.8, 4) is 6.07 Å². The summed E-state index contributed by atoms with van der Waals surface area (Å²) in [5.74, 6) is -1.81. The van der Waals surface area contributed by atoms with Gasteiger partial charge in [-0.2, -0.15) is 18.4 Å². The van der Waals surface area contributed by atoms with Gasteiger partial charge < -0.3 is 15.8 Å². The third kappa shape index (κ3) is 5.85. The van der Waals surface area contributed by atoms with Gasteiger partial charge in [0.05, 0.1) is 29.9 Å². The second-order valence-corrected chi connectivity index (χ2v) is 8.57. The summed E-state index contributed by atoms with van der Waals surface area (Å²) in [4.78, 5) is 39.1. The summed E-state index contributed by atoms with van der Waals surface area (Å²) in [6.07, 6.45) is -4.50. The molecular weight excluding hydrogens is 517 g/mol. The van der Waals surface area contributed by atoms with Crippen molar-refractivity contribution in [3.05, 3.63) is 76.0 Å². The summed E-state index contributed by atoms with van der Waals surface area (Å²) in [6, 6.07) is 8.05. The number of hydrogen-bond acceptors (Lipinski definition) is 6. The number of anilines is 1. The molecule has 2 aromatic rings. The molecule has 1 aliphatic rings. The van der Waals surface area contributed by atoms with E-state index in [0.29, 0.717) is 11.1 Å². The van der Waals surface area contributed by atoms with Gasteiger partial charge in [-0.05, 0) is 54.8 Å². The number of nitrogens with zero attached hydrogens (tertiary/aromatic N) is 3. The van der Waals surface area contributed by atoms with Crippen molar-refractivity contribution in [3.63, 3.8) is 0 Å². The first-order valence-corrected chi connectivity index (χ1v) is 11.5. The van der Waals surface area contributed by atoms with Gasteiger partial charge in [0.15, 0.2) is 0 Å². The smallest absolute Gasteiger partial charge is 0.416 e. The zero-order chi connectivity index (χ0) is 29.1. The highest BCUT2D eigenvalue weighted by Crippen LogP contribution is 2.42. The number of hydrogen-bond donors (Lipinski definition) is 3. The Labute approximate surface area is 221 Å². The van der Waals surface area contributed by atoms with Crippen molar-refractivity contribution in [2.45, 2.75) is 32.5 Å². The van der Waals surface area contributed by atoms with E-state index >= 15 is 0 Å². The SMILES string of the molecule is COC(=O)C1=C(C)N(c2cccc(C(F)(F)F)c2)C(=N)N(C(N)=O)[C@@H]1c1ccc(C#N)cc1CCNC(C)=O. The molecule has 0 fully saturated rings. The number of primary amides is 1. The summed E-state index contributed by atoms with van der Waals surface area (Å²) in [6.45, 7) is 2.89. The van der Waals surface area contributed by atoms with Crippen molar-refractivity contribution < 1.29 is 32.3 Å². The number of carbonyl (C=O) groups is 3. The van der Waals surface area contributed by atoms with Crippen LogP contribution in [0.5, 0.6) is 0 Å². The Morgan fingerprint density at radius 1 is 1.21 bits per heavy atom. The molecule has 0 saturated carbocycles.